The molecule has 24 heavy (non-hydrogen) atoms. The van der Waals surface area contributed by atoms with Gasteiger partial charge in [0.1, 0.15) is 5.82 Å². The third kappa shape index (κ3) is 3.66. The van der Waals surface area contributed by atoms with Gasteiger partial charge >= 0.3 is 0 Å². The number of methoxy groups -OCH3 is 1. The van der Waals surface area contributed by atoms with E-state index in [0.717, 1.165) is 43.6 Å². The minimum absolute atomic E-state index is 0.312. The van der Waals surface area contributed by atoms with Crippen LogP contribution in [-0.2, 0) is 0 Å². The van der Waals surface area contributed by atoms with Gasteiger partial charge in [-0.05, 0) is 31.2 Å². The molecule has 130 valence electrons. The van der Waals surface area contributed by atoms with Gasteiger partial charge in [0, 0.05) is 24.6 Å². The second-order valence-electron chi connectivity index (χ2n) is 6.00. The number of nitrogens with two attached hydrogens (primary N) is 1. The highest BCUT2D eigenvalue weighted by Crippen LogP contribution is 2.34. The van der Waals surface area contributed by atoms with Gasteiger partial charge in [-0.2, -0.15) is 10.1 Å². The van der Waals surface area contributed by atoms with Gasteiger partial charge in [-0.15, -0.1) is 5.10 Å². The van der Waals surface area contributed by atoms with Crippen molar-refractivity contribution >= 4 is 30.8 Å². The summed E-state index contributed by atoms with van der Waals surface area (Å²) in [5.41, 5.74) is 5.89. The summed E-state index contributed by atoms with van der Waals surface area (Å²) >= 11 is 0. The molecule has 1 aliphatic heterocycles. The Kier molecular flexibility index (Phi) is 5.28. The van der Waals surface area contributed by atoms with Gasteiger partial charge in [-0.3, -0.25) is 0 Å². The lowest BCUT2D eigenvalue weighted by Crippen LogP contribution is -2.34. The van der Waals surface area contributed by atoms with Gasteiger partial charge in [0.25, 0.3) is 0 Å². The zero-order valence-electron chi connectivity index (χ0n) is 13.6. The SMILES string of the molecule is COc1nc(N2CCC(CCP(O)O)CC2)cc2cnnc(N)c12. The predicted octanol–water partition coefficient (Wildman–Crippen LogP) is 1.52. The first-order valence-corrected chi connectivity index (χ1v) is 9.38. The molecule has 3 heterocycles. The minimum Gasteiger partial charge on any atom is -0.480 e. The van der Waals surface area contributed by atoms with Gasteiger partial charge in [-0.1, -0.05) is 0 Å². The van der Waals surface area contributed by atoms with E-state index in [0.29, 0.717) is 29.2 Å². The number of ether oxygens (including phenoxy) is 1. The Morgan fingerprint density at radius 1 is 1.38 bits per heavy atom. The lowest BCUT2D eigenvalue weighted by molar-refractivity contribution is 0.382. The van der Waals surface area contributed by atoms with Gasteiger partial charge in [0.2, 0.25) is 5.88 Å². The summed E-state index contributed by atoms with van der Waals surface area (Å²) in [5.74, 6) is 2.15. The molecule has 0 aliphatic carbocycles. The van der Waals surface area contributed by atoms with Gasteiger partial charge < -0.3 is 25.2 Å². The molecule has 0 aromatic carbocycles. The molecule has 1 fully saturated rings. The summed E-state index contributed by atoms with van der Waals surface area (Å²) in [7, 11) is -0.208. The Hall–Kier alpha value is -1.76. The average Bonchev–Trinajstić information content (AvgIpc) is 2.59. The molecular weight excluding hydrogens is 329 g/mol. The fourth-order valence-electron chi connectivity index (χ4n) is 3.15. The molecule has 1 aliphatic rings. The summed E-state index contributed by atoms with van der Waals surface area (Å²) in [6.45, 7) is 1.77. The molecule has 0 bridgehead atoms. The van der Waals surface area contributed by atoms with Crippen LogP contribution in [0, 0.1) is 5.92 Å². The predicted molar refractivity (Wildman–Crippen MR) is 94.1 cm³/mol. The number of hydrogen-bond acceptors (Lipinski definition) is 8. The number of nitrogens with zero attached hydrogens (tertiary/aromatic N) is 4. The van der Waals surface area contributed by atoms with Crippen LogP contribution >= 0.6 is 8.38 Å². The number of pyridine rings is 1. The first kappa shape index (κ1) is 17.1. The van der Waals surface area contributed by atoms with E-state index in [9.17, 15) is 0 Å². The Labute approximate surface area is 141 Å². The van der Waals surface area contributed by atoms with Crippen molar-refractivity contribution < 1.29 is 14.5 Å². The van der Waals surface area contributed by atoms with E-state index in [4.69, 9.17) is 20.3 Å². The third-order valence-corrected chi connectivity index (χ3v) is 5.15. The summed E-state index contributed by atoms with van der Waals surface area (Å²) in [5, 5.41) is 9.31. The van der Waals surface area contributed by atoms with Gasteiger partial charge in [0.15, 0.2) is 14.2 Å². The summed E-state index contributed by atoms with van der Waals surface area (Å²) in [6.07, 6.45) is 5.06. The Bertz CT molecular complexity index is 707. The van der Waals surface area contributed by atoms with Crippen LogP contribution in [0.25, 0.3) is 10.8 Å². The number of nitrogen functional groups attached to an aromatic ring is 1. The van der Waals surface area contributed by atoms with Crippen LogP contribution in [0.4, 0.5) is 11.6 Å². The van der Waals surface area contributed by atoms with Crippen LogP contribution in [-0.4, -0.2) is 51.3 Å². The van der Waals surface area contributed by atoms with Crippen LogP contribution in [0.5, 0.6) is 5.88 Å². The van der Waals surface area contributed by atoms with Crippen molar-refractivity contribution in [3.05, 3.63) is 12.3 Å². The maximum absolute atomic E-state index is 9.06. The number of hydrogen-bond donors (Lipinski definition) is 3. The molecule has 0 spiro atoms. The van der Waals surface area contributed by atoms with Crippen molar-refractivity contribution in [1.82, 2.24) is 15.2 Å². The molecule has 0 saturated carbocycles. The highest BCUT2D eigenvalue weighted by Gasteiger charge is 2.22. The number of piperidine rings is 1. The Morgan fingerprint density at radius 3 is 2.79 bits per heavy atom. The molecule has 0 atom stereocenters. The van der Waals surface area contributed by atoms with Gasteiger partial charge in [-0.25, -0.2) is 0 Å². The maximum atomic E-state index is 9.06. The van der Waals surface area contributed by atoms with Crippen molar-refractivity contribution in [2.75, 3.05) is 37.0 Å². The van der Waals surface area contributed by atoms with Crippen molar-refractivity contribution in [3.8, 4) is 5.88 Å². The second kappa shape index (κ2) is 7.42. The van der Waals surface area contributed by atoms with Crippen LogP contribution < -0.4 is 15.4 Å². The molecule has 2 aromatic rings. The Morgan fingerprint density at radius 2 is 2.12 bits per heavy atom. The largest absolute Gasteiger partial charge is 0.480 e. The van der Waals surface area contributed by atoms with Crippen LogP contribution in [0.2, 0.25) is 0 Å². The molecule has 3 rings (SSSR count). The van der Waals surface area contributed by atoms with Crippen LogP contribution in [0.15, 0.2) is 12.3 Å². The average molecular weight is 351 g/mol. The molecule has 4 N–H and O–H groups in total. The smallest absolute Gasteiger partial charge is 0.226 e. The monoisotopic (exact) mass is 351 g/mol. The van der Waals surface area contributed by atoms with E-state index < -0.39 is 8.38 Å². The highest BCUT2D eigenvalue weighted by molar-refractivity contribution is 7.45. The number of fused-ring (bicyclic) bond motifs is 1. The van der Waals surface area contributed by atoms with Crippen LogP contribution in [0.3, 0.4) is 0 Å². The van der Waals surface area contributed by atoms with E-state index in [1.165, 1.54) is 0 Å². The quantitative estimate of drug-likeness (QED) is 0.694. The molecular formula is C15H22N5O3P. The summed E-state index contributed by atoms with van der Waals surface area (Å²) in [6, 6.07) is 1.96. The number of aromatic nitrogens is 3. The standard InChI is InChI=1S/C15H22N5O3P/c1-23-15-13-11(9-17-19-14(13)16)8-12(18-15)20-5-2-10(3-6-20)4-7-24(21)22/h8-10,21-22H,2-7H2,1H3,(H2,16,19). The maximum Gasteiger partial charge on any atom is 0.226 e. The molecule has 2 aromatic heterocycles. The zero-order valence-corrected chi connectivity index (χ0v) is 14.5. The minimum atomic E-state index is -1.78. The Balaban J connectivity index is 1.76. The van der Waals surface area contributed by atoms with E-state index in [2.05, 4.69) is 20.1 Å². The highest BCUT2D eigenvalue weighted by atomic mass is 31.2. The molecule has 0 amide bonds. The molecule has 0 radical (unpaired) electrons. The van der Waals surface area contributed by atoms with E-state index >= 15 is 0 Å². The second-order valence-corrected chi connectivity index (χ2v) is 7.19. The first-order chi connectivity index (χ1) is 11.6. The van der Waals surface area contributed by atoms with Crippen molar-refractivity contribution in [2.24, 2.45) is 5.92 Å². The molecule has 0 unspecified atom stereocenters. The number of rotatable bonds is 5. The fraction of sp³-hybridized carbons (Fsp3) is 0.533. The third-order valence-electron chi connectivity index (χ3n) is 4.49. The topological polar surface area (TPSA) is 118 Å². The van der Waals surface area contributed by atoms with Crippen molar-refractivity contribution in [3.63, 3.8) is 0 Å². The van der Waals surface area contributed by atoms with Crippen molar-refractivity contribution in [1.29, 1.82) is 0 Å². The lowest BCUT2D eigenvalue weighted by atomic mass is 9.94. The van der Waals surface area contributed by atoms with E-state index in [1.807, 2.05) is 6.07 Å². The van der Waals surface area contributed by atoms with E-state index in [-0.39, 0.29) is 0 Å². The van der Waals surface area contributed by atoms with Crippen LogP contribution in [0.1, 0.15) is 19.3 Å². The molecule has 9 heteroatoms. The number of anilines is 2. The van der Waals surface area contributed by atoms with Gasteiger partial charge in [0.05, 0.1) is 18.7 Å². The van der Waals surface area contributed by atoms with E-state index in [1.54, 1.807) is 13.3 Å². The summed E-state index contributed by atoms with van der Waals surface area (Å²) < 4.78 is 5.39. The zero-order chi connectivity index (χ0) is 17.1. The van der Waals surface area contributed by atoms with Crippen molar-refractivity contribution in [2.45, 2.75) is 19.3 Å². The molecule has 8 nitrogen and oxygen atoms in total. The normalized spacial score (nSPS) is 16.1. The fourth-order valence-corrected chi connectivity index (χ4v) is 3.74. The summed E-state index contributed by atoms with van der Waals surface area (Å²) in [4.78, 5) is 24.9. The lowest BCUT2D eigenvalue weighted by Gasteiger charge is -2.33. The molecule has 1 saturated heterocycles. The first-order valence-electron chi connectivity index (χ1n) is 7.94.